The van der Waals surface area contributed by atoms with Crippen LogP contribution < -0.4 is 0 Å². The predicted octanol–water partition coefficient (Wildman–Crippen LogP) is 2.68. The molecule has 0 bridgehead atoms. The quantitative estimate of drug-likeness (QED) is 0.667. The first kappa shape index (κ1) is 12.3. The second kappa shape index (κ2) is 3.98. The van der Waals surface area contributed by atoms with Gasteiger partial charge < -0.3 is 5.11 Å². The van der Waals surface area contributed by atoms with E-state index >= 15 is 0 Å². The van der Waals surface area contributed by atoms with Crippen LogP contribution in [0.15, 0.2) is 16.6 Å². The van der Waals surface area contributed by atoms with Crippen LogP contribution in [-0.4, -0.2) is 16.5 Å². The van der Waals surface area contributed by atoms with Gasteiger partial charge in [0.1, 0.15) is 11.4 Å². The number of Topliss-reactive ketones (excluding diaryl/α,β-unsaturated/α-hetero) is 1. The van der Waals surface area contributed by atoms with Gasteiger partial charge in [-0.15, -0.1) is 0 Å². The van der Waals surface area contributed by atoms with Gasteiger partial charge in [-0.2, -0.15) is 0 Å². The van der Waals surface area contributed by atoms with Crippen LogP contribution in [-0.2, 0) is 0 Å². The molecule has 15 heavy (non-hydrogen) atoms. The molecule has 0 saturated carbocycles. The summed E-state index contributed by atoms with van der Waals surface area (Å²) in [4.78, 5) is 11.5. The molecule has 0 aliphatic carbocycles. The molecule has 0 amide bonds. The molecule has 0 aliphatic rings. The smallest absolute Gasteiger partial charge is 0.199 e. The molecule has 1 rings (SSSR count). The second-order valence-corrected chi connectivity index (χ2v) is 4.46. The van der Waals surface area contributed by atoms with Gasteiger partial charge in [0.2, 0.25) is 0 Å². The molecule has 0 atom stereocenters. The van der Waals surface area contributed by atoms with E-state index < -0.39 is 28.6 Å². The van der Waals surface area contributed by atoms with Crippen LogP contribution >= 0.6 is 15.9 Å². The Labute approximate surface area is 94.0 Å². The van der Waals surface area contributed by atoms with Crippen molar-refractivity contribution in [2.45, 2.75) is 19.4 Å². The Kier molecular flexibility index (Phi) is 3.25. The van der Waals surface area contributed by atoms with Crippen LogP contribution in [0.1, 0.15) is 24.2 Å². The Hall–Kier alpha value is -0.810. The summed E-state index contributed by atoms with van der Waals surface area (Å²) in [5.74, 6) is -2.97. The summed E-state index contributed by atoms with van der Waals surface area (Å²) in [5.41, 5.74) is -2.53. The third-order valence-electron chi connectivity index (χ3n) is 1.83. The van der Waals surface area contributed by atoms with E-state index in [4.69, 9.17) is 0 Å². The lowest BCUT2D eigenvalue weighted by molar-refractivity contribution is 0.0478. The van der Waals surface area contributed by atoms with Crippen molar-refractivity contribution in [3.63, 3.8) is 0 Å². The Balaban J connectivity index is 3.38. The summed E-state index contributed by atoms with van der Waals surface area (Å²) in [6.07, 6.45) is 0. The fraction of sp³-hybridized carbons (Fsp3) is 0.300. The molecule has 0 aliphatic heterocycles. The summed E-state index contributed by atoms with van der Waals surface area (Å²) in [5, 5.41) is 9.38. The Morgan fingerprint density at radius 1 is 1.40 bits per heavy atom. The van der Waals surface area contributed by atoms with Gasteiger partial charge in [-0.1, -0.05) is 0 Å². The zero-order valence-electron chi connectivity index (χ0n) is 8.14. The van der Waals surface area contributed by atoms with Crippen LogP contribution in [0.25, 0.3) is 0 Å². The highest BCUT2D eigenvalue weighted by Crippen LogP contribution is 2.24. The first-order valence-electron chi connectivity index (χ1n) is 4.16. The predicted molar refractivity (Wildman–Crippen MR) is 54.7 cm³/mol. The fourth-order valence-corrected chi connectivity index (χ4v) is 1.37. The molecule has 82 valence electrons. The van der Waals surface area contributed by atoms with Crippen molar-refractivity contribution >= 4 is 21.7 Å². The van der Waals surface area contributed by atoms with Crippen molar-refractivity contribution in [2.75, 3.05) is 0 Å². The number of rotatable bonds is 2. The largest absolute Gasteiger partial charge is 0.382 e. The fourth-order valence-electron chi connectivity index (χ4n) is 1.04. The lowest BCUT2D eigenvalue weighted by Gasteiger charge is -2.16. The summed E-state index contributed by atoms with van der Waals surface area (Å²) in [6, 6.07) is 2.12. The molecule has 5 heteroatoms. The van der Waals surface area contributed by atoms with E-state index in [0.717, 1.165) is 12.1 Å². The molecule has 2 nitrogen and oxygen atoms in total. The number of benzene rings is 1. The van der Waals surface area contributed by atoms with Crippen LogP contribution in [0.5, 0.6) is 0 Å². The Morgan fingerprint density at radius 3 is 2.40 bits per heavy atom. The van der Waals surface area contributed by atoms with Crippen molar-refractivity contribution in [2.24, 2.45) is 0 Å². The highest BCUT2D eigenvalue weighted by Gasteiger charge is 2.31. The average Bonchev–Trinajstić information content (AvgIpc) is 2.10. The molecule has 0 unspecified atom stereocenters. The zero-order chi connectivity index (χ0) is 11.8. The van der Waals surface area contributed by atoms with Crippen LogP contribution in [0.4, 0.5) is 8.78 Å². The standard InChI is InChI=1S/C10H9BrF2O2/c1-10(2,15)9(14)7-6(12)4-3-5(11)8(7)13/h3-4,15H,1-2H3. The molecular formula is C10H9BrF2O2. The molecule has 0 spiro atoms. The average molecular weight is 279 g/mol. The van der Waals surface area contributed by atoms with Gasteiger partial charge in [0, 0.05) is 0 Å². The third kappa shape index (κ3) is 2.41. The van der Waals surface area contributed by atoms with Crippen molar-refractivity contribution in [1.82, 2.24) is 0 Å². The van der Waals surface area contributed by atoms with E-state index in [-0.39, 0.29) is 4.47 Å². The Morgan fingerprint density at radius 2 is 1.93 bits per heavy atom. The number of carbonyl (C=O) groups is 1. The zero-order valence-corrected chi connectivity index (χ0v) is 9.73. The third-order valence-corrected chi connectivity index (χ3v) is 2.44. The summed E-state index contributed by atoms with van der Waals surface area (Å²) in [7, 11) is 0. The highest BCUT2D eigenvalue weighted by molar-refractivity contribution is 9.10. The molecule has 1 N–H and O–H groups in total. The summed E-state index contributed by atoms with van der Waals surface area (Å²) < 4.78 is 26.6. The molecular weight excluding hydrogens is 270 g/mol. The molecule has 0 radical (unpaired) electrons. The van der Waals surface area contributed by atoms with E-state index in [2.05, 4.69) is 15.9 Å². The van der Waals surface area contributed by atoms with Crippen LogP contribution in [0.2, 0.25) is 0 Å². The van der Waals surface area contributed by atoms with Gasteiger partial charge in [-0.05, 0) is 41.9 Å². The normalized spacial score (nSPS) is 11.6. The SMILES string of the molecule is CC(C)(O)C(=O)c1c(F)ccc(Br)c1F. The maximum absolute atomic E-state index is 13.4. The molecule has 0 saturated heterocycles. The number of halogens is 3. The van der Waals surface area contributed by atoms with Gasteiger partial charge in [-0.3, -0.25) is 4.79 Å². The monoisotopic (exact) mass is 278 g/mol. The maximum Gasteiger partial charge on any atom is 0.199 e. The number of carbonyl (C=O) groups excluding carboxylic acids is 1. The molecule has 0 heterocycles. The number of hydrogen-bond acceptors (Lipinski definition) is 2. The van der Waals surface area contributed by atoms with Gasteiger partial charge >= 0.3 is 0 Å². The van der Waals surface area contributed by atoms with Crippen LogP contribution in [0.3, 0.4) is 0 Å². The van der Waals surface area contributed by atoms with Crippen molar-refractivity contribution in [3.8, 4) is 0 Å². The first-order valence-corrected chi connectivity index (χ1v) is 4.95. The lowest BCUT2D eigenvalue weighted by Crippen LogP contribution is -2.32. The Bertz CT molecular complexity index is 411. The van der Waals surface area contributed by atoms with Crippen molar-refractivity contribution in [3.05, 3.63) is 33.8 Å². The van der Waals surface area contributed by atoms with E-state index in [1.165, 1.54) is 13.8 Å². The summed E-state index contributed by atoms with van der Waals surface area (Å²) >= 11 is 2.84. The van der Waals surface area contributed by atoms with Gasteiger partial charge in [0.05, 0.1) is 10.0 Å². The molecule has 1 aromatic carbocycles. The number of aliphatic hydroxyl groups is 1. The topological polar surface area (TPSA) is 37.3 Å². The molecule has 0 fully saturated rings. The summed E-state index contributed by atoms with van der Waals surface area (Å²) in [6.45, 7) is 2.35. The number of hydrogen-bond donors (Lipinski definition) is 1. The van der Waals surface area contributed by atoms with Crippen molar-refractivity contribution < 1.29 is 18.7 Å². The highest BCUT2D eigenvalue weighted by atomic mass is 79.9. The lowest BCUT2D eigenvalue weighted by atomic mass is 9.96. The second-order valence-electron chi connectivity index (χ2n) is 3.61. The number of ketones is 1. The van der Waals surface area contributed by atoms with E-state index in [1.807, 2.05) is 0 Å². The minimum atomic E-state index is -1.80. The van der Waals surface area contributed by atoms with Gasteiger partial charge in [0.15, 0.2) is 11.6 Å². The van der Waals surface area contributed by atoms with E-state index in [1.54, 1.807) is 0 Å². The molecule has 1 aromatic rings. The minimum absolute atomic E-state index is 0.0171. The van der Waals surface area contributed by atoms with Crippen molar-refractivity contribution in [1.29, 1.82) is 0 Å². The molecule has 0 aromatic heterocycles. The maximum atomic E-state index is 13.4. The van der Waals surface area contributed by atoms with E-state index in [9.17, 15) is 18.7 Å². The van der Waals surface area contributed by atoms with E-state index in [0.29, 0.717) is 0 Å². The first-order chi connectivity index (χ1) is 6.75. The van der Waals surface area contributed by atoms with Gasteiger partial charge in [0.25, 0.3) is 0 Å². The van der Waals surface area contributed by atoms with Crippen LogP contribution in [0, 0.1) is 11.6 Å². The minimum Gasteiger partial charge on any atom is -0.382 e. The van der Waals surface area contributed by atoms with Gasteiger partial charge in [-0.25, -0.2) is 8.78 Å².